The number of fused-ring (bicyclic) bond motifs is 3. The van der Waals surface area contributed by atoms with Crippen molar-refractivity contribution in [3.63, 3.8) is 0 Å². The van der Waals surface area contributed by atoms with Gasteiger partial charge in [0, 0.05) is 31.2 Å². The molecule has 3 aromatic rings. The third-order valence-electron chi connectivity index (χ3n) is 11.3. The highest BCUT2D eigenvalue weighted by atomic mass is 16.4. The first-order valence-corrected chi connectivity index (χ1v) is 16.1. The Morgan fingerprint density at radius 1 is 0.929 bits per heavy atom. The fourth-order valence-corrected chi connectivity index (χ4v) is 8.65. The summed E-state index contributed by atoms with van der Waals surface area (Å²) in [6.07, 6.45) is 8.33. The van der Waals surface area contributed by atoms with Crippen molar-refractivity contribution in [3.05, 3.63) is 66.0 Å². The van der Waals surface area contributed by atoms with Crippen LogP contribution >= 0.6 is 0 Å². The molecule has 7 heteroatoms. The number of amides is 1. The Morgan fingerprint density at radius 2 is 1.55 bits per heavy atom. The number of benzene rings is 2. The van der Waals surface area contributed by atoms with E-state index in [4.69, 9.17) is 4.98 Å². The maximum Gasteiger partial charge on any atom is 0.319 e. The minimum atomic E-state index is -1.31. The lowest BCUT2D eigenvalue weighted by atomic mass is 9.69. The van der Waals surface area contributed by atoms with E-state index in [1.54, 1.807) is 0 Å². The Balaban J connectivity index is 1.17. The summed E-state index contributed by atoms with van der Waals surface area (Å²) < 4.78 is 2.50. The fourth-order valence-electron chi connectivity index (χ4n) is 8.65. The van der Waals surface area contributed by atoms with Gasteiger partial charge in [0.05, 0.1) is 11.0 Å². The molecule has 42 heavy (non-hydrogen) atoms. The third-order valence-corrected chi connectivity index (χ3v) is 11.3. The molecule has 0 radical (unpaired) electrons. The van der Waals surface area contributed by atoms with Crippen molar-refractivity contribution >= 4 is 22.9 Å². The summed E-state index contributed by atoms with van der Waals surface area (Å²) in [6, 6.07) is 21.1. The second-order valence-electron chi connectivity index (χ2n) is 13.0. The Bertz CT molecular complexity index is 1410. The molecule has 2 bridgehead atoms. The standard InChI is InChI=1S/C35H46N4O3/c1-4-35(5-2,33(41)42)32(40)37-20-17-34(18-21-37,26-11-7-6-8-12-26)19-22-38-27-15-16-28(38)24-29(23-27)39-25(3)36-30-13-9-10-14-31(30)39/h6-14,27-29H,4-5,15-24H2,1-3H3,(H,41,42)/t27-,28+,29+. The highest BCUT2D eigenvalue weighted by molar-refractivity contribution is 6.01. The molecular weight excluding hydrogens is 524 g/mol. The van der Waals surface area contributed by atoms with Crippen LogP contribution in [0.15, 0.2) is 54.6 Å². The van der Waals surface area contributed by atoms with Crippen LogP contribution in [-0.4, -0.2) is 68.1 Å². The van der Waals surface area contributed by atoms with E-state index in [2.05, 4.69) is 71.0 Å². The highest BCUT2D eigenvalue weighted by Gasteiger charge is 2.48. The zero-order valence-electron chi connectivity index (χ0n) is 25.5. The van der Waals surface area contributed by atoms with Crippen molar-refractivity contribution in [1.82, 2.24) is 19.4 Å². The van der Waals surface area contributed by atoms with E-state index in [-0.39, 0.29) is 11.3 Å². The van der Waals surface area contributed by atoms with Crippen LogP contribution in [0, 0.1) is 12.3 Å². The van der Waals surface area contributed by atoms with Gasteiger partial charge in [0.2, 0.25) is 5.91 Å². The normalized spacial score (nSPS) is 24.3. The van der Waals surface area contributed by atoms with Crippen molar-refractivity contribution in [2.24, 2.45) is 5.41 Å². The smallest absolute Gasteiger partial charge is 0.319 e. The van der Waals surface area contributed by atoms with Crippen LogP contribution in [-0.2, 0) is 15.0 Å². The predicted molar refractivity (Wildman–Crippen MR) is 165 cm³/mol. The molecule has 3 aliphatic rings. The van der Waals surface area contributed by atoms with Crippen molar-refractivity contribution in [3.8, 4) is 0 Å². The number of aliphatic carboxylic acids is 1. The van der Waals surface area contributed by atoms with Crippen molar-refractivity contribution in [2.45, 2.75) is 102 Å². The summed E-state index contributed by atoms with van der Waals surface area (Å²) in [6.45, 7) is 8.09. The summed E-state index contributed by atoms with van der Waals surface area (Å²) in [4.78, 5) is 35.2. The molecule has 6 rings (SSSR count). The number of hydrogen-bond acceptors (Lipinski definition) is 4. The molecule has 1 aromatic heterocycles. The van der Waals surface area contributed by atoms with E-state index < -0.39 is 11.4 Å². The number of carboxylic acids is 1. The number of carbonyl (C=O) groups excluding carboxylic acids is 1. The van der Waals surface area contributed by atoms with E-state index in [0.29, 0.717) is 44.1 Å². The molecule has 1 N–H and O–H groups in total. The van der Waals surface area contributed by atoms with Crippen LogP contribution in [0.2, 0.25) is 0 Å². The van der Waals surface area contributed by atoms with E-state index in [9.17, 15) is 14.7 Å². The summed E-state index contributed by atoms with van der Waals surface area (Å²) in [5, 5.41) is 9.98. The number of para-hydroxylation sites is 2. The fraction of sp³-hybridized carbons (Fsp3) is 0.571. The van der Waals surface area contributed by atoms with E-state index in [1.807, 2.05) is 18.7 Å². The van der Waals surface area contributed by atoms with Gasteiger partial charge in [0.25, 0.3) is 0 Å². The molecule has 3 fully saturated rings. The number of carbonyl (C=O) groups is 2. The van der Waals surface area contributed by atoms with E-state index in [1.165, 1.54) is 36.8 Å². The molecule has 0 aliphatic carbocycles. The van der Waals surface area contributed by atoms with Crippen molar-refractivity contribution in [1.29, 1.82) is 0 Å². The molecule has 224 valence electrons. The molecule has 3 atom stereocenters. The Hall–Kier alpha value is -3.19. The van der Waals surface area contributed by atoms with Gasteiger partial charge in [-0.05, 0) is 94.4 Å². The Kier molecular flexibility index (Phi) is 7.90. The first-order chi connectivity index (χ1) is 20.3. The minimum Gasteiger partial charge on any atom is -0.480 e. The molecular formula is C35H46N4O3. The SMILES string of the molecule is CCC(CC)(C(=O)O)C(=O)N1CCC(CCN2[C@@H]3CC[C@H]2C[C@@H](n2c(C)nc4ccccc42)C3)(c2ccccc2)CC1. The summed E-state index contributed by atoms with van der Waals surface area (Å²) in [5.74, 6) is -0.0734. The monoisotopic (exact) mass is 570 g/mol. The Labute approximate surface area is 249 Å². The quantitative estimate of drug-likeness (QED) is 0.303. The van der Waals surface area contributed by atoms with Gasteiger partial charge in [-0.2, -0.15) is 0 Å². The summed E-state index contributed by atoms with van der Waals surface area (Å²) in [7, 11) is 0. The number of aryl methyl sites for hydroxylation is 1. The average Bonchev–Trinajstić information content (AvgIpc) is 3.47. The molecule has 3 saturated heterocycles. The Morgan fingerprint density at radius 3 is 2.17 bits per heavy atom. The van der Waals surface area contributed by atoms with Crippen LogP contribution < -0.4 is 0 Å². The van der Waals surface area contributed by atoms with Crippen LogP contribution in [0.5, 0.6) is 0 Å². The summed E-state index contributed by atoms with van der Waals surface area (Å²) >= 11 is 0. The molecule has 0 spiro atoms. The van der Waals surface area contributed by atoms with Crippen LogP contribution in [0.25, 0.3) is 11.0 Å². The number of piperidine rings is 2. The van der Waals surface area contributed by atoms with Crippen molar-refractivity contribution < 1.29 is 14.7 Å². The zero-order valence-corrected chi connectivity index (χ0v) is 25.5. The number of carboxylic acid groups (broad SMARTS) is 1. The van der Waals surface area contributed by atoms with Gasteiger partial charge in [-0.25, -0.2) is 4.98 Å². The maximum atomic E-state index is 13.5. The van der Waals surface area contributed by atoms with Gasteiger partial charge < -0.3 is 14.6 Å². The van der Waals surface area contributed by atoms with Gasteiger partial charge in [0.15, 0.2) is 0 Å². The number of likely N-dealkylation sites (tertiary alicyclic amines) is 1. The molecule has 7 nitrogen and oxygen atoms in total. The molecule has 0 unspecified atom stereocenters. The van der Waals surface area contributed by atoms with Crippen molar-refractivity contribution in [2.75, 3.05) is 19.6 Å². The summed E-state index contributed by atoms with van der Waals surface area (Å²) in [5.41, 5.74) is 2.40. The number of aromatic nitrogens is 2. The molecule has 4 heterocycles. The number of hydrogen-bond donors (Lipinski definition) is 1. The minimum absolute atomic E-state index is 0.00419. The number of imidazole rings is 1. The first-order valence-electron chi connectivity index (χ1n) is 16.1. The predicted octanol–water partition coefficient (Wildman–Crippen LogP) is 6.35. The zero-order chi connectivity index (χ0) is 29.5. The van der Waals surface area contributed by atoms with Gasteiger partial charge in [-0.15, -0.1) is 0 Å². The lowest BCUT2D eigenvalue weighted by Crippen LogP contribution is -2.53. The lowest BCUT2D eigenvalue weighted by Gasteiger charge is -2.46. The van der Waals surface area contributed by atoms with Crippen LogP contribution in [0.1, 0.15) is 89.1 Å². The second-order valence-corrected chi connectivity index (χ2v) is 13.0. The van der Waals surface area contributed by atoms with Crippen LogP contribution in [0.4, 0.5) is 0 Å². The highest BCUT2D eigenvalue weighted by Crippen LogP contribution is 2.45. The number of rotatable bonds is 9. The molecule has 2 aromatic carbocycles. The van der Waals surface area contributed by atoms with Gasteiger partial charge in [-0.1, -0.05) is 56.3 Å². The second kappa shape index (κ2) is 11.5. The molecule has 3 aliphatic heterocycles. The van der Waals surface area contributed by atoms with Gasteiger partial charge in [0.1, 0.15) is 11.2 Å². The largest absolute Gasteiger partial charge is 0.480 e. The average molecular weight is 571 g/mol. The first kappa shape index (κ1) is 28.9. The topological polar surface area (TPSA) is 78.7 Å². The molecule has 1 amide bonds. The molecule has 0 saturated carbocycles. The van der Waals surface area contributed by atoms with E-state index in [0.717, 1.165) is 37.1 Å². The number of nitrogens with zero attached hydrogens (tertiary/aromatic N) is 4. The van der Waals surface area contributed by atoms with Gasteiger partial charge >= 0.3 is 5.97 Å². The maximum absolute atomic E-state index is 13.5. The van der Waals surface area contributed by atoms with Crippen LogP contribution in [0.3, 0.4) is 0 Å². The van der Waals surface area contributed by atoms with E-state index >= 15 is 0 Å². The lowest BCUT2D eigenvalue weighted by molar-refractivity contribution is -0.162. The third kappa shape index (κ3) is 4.83. The van der Waals surface area contributed by atoms with Gasteiger partial charge in [-0.3, -0.25) is 14.5 Å².